The van der Waals surface area contributed by atoms with Gasteiger partial charge in [-0.3, -0.25) is 4.79 Å². The lowest BCUT2D eigenvalue weighted by atomic mass is 9.55. The van der Waals surface area contributed by atoms with Crippen LogP contribution in [0.5, 0.6) is 0 Å². The third-order valence-corrected chi connectivity index (χ3v) is 12.4. The quantitative estimate of drug-likeness (QED) is 0.277. The van der Waals surface area contributed by atoms with Gasteiger partial charge in [0.25, 0.3) is 0 Å². The molecule has 17 atom stereocenters. The number of carbonyl (C=O) groups is 1. The molecule has 0 bridgehead atoms. The van der Waals surface area contributed by atoms with Crippen LogP contribution in [0.3, 0.4) is 0 Å². The Morgan fingerprint density at radius 1 is 0.958 bits per heavy atom. The van der Waals surface area contributed by atoms with Crippen molar-refractivity contribution in [2.45, 2.75) is 146 Å². The Bertz CT molecular complexity index is 1270. The van der Waals surface area contributed by atoms with E-state index in [0.29, 0.717) is 32.3 Å². The van der Waals surface area contributed by atoms with Crippen LogP contribution in [0.15, 0.2) is 23.5 Å². The molecule has 0 aromatic heterocycles. The zero-order valence-electron chi connectivity index (χ0n) is 28.7. The lowest BCUT2D eigenvalue weighted by Gasteiger charge is -2.52. The van der Waals surface area contributed by atoms with Gasteiger partial charge in [0, 0.05) is 27.6 Å². The first-order valence-corrected chi connectivity index (χ1v) is 17.5. The SMILES string of the molecule is CO[C@@H]1[C@@H](O)[C@H](O[C@H]2[C@H](C)O[C@@H](O[C@@H]3CC4=CC[C@H]5C(=O)O[C@@H]6CO[C@]7(C)OC=C(CC[C@@H]5[C@@]4(C)C[C@H]3O)[C@H]67)C[C@H]2OC)O[C@H](C)[C@H]1O. The first kappa shape index (κ1) is 34.8. The molecule has 48 heavy (non-hydrogen) atoms. The predicted octanol–water partition coefficient (Wildman–Crippen LogP) is 2.09. The number of fused-ring (bicyclic) bond motifs is 3. The van der Waals surface area contributed by atoms with Crippen molar-refractivity contribution >= 4 is 5.97 Å². The molecule has 0 aromatic carbocycles. The number of carbonyl (C=O) groups excluding carboxylic acids is 1. The smallest absolute Gasteiger partial charge is 0.309 e. The summed E-state index contributed by atoms with van der Waals surface area (Å²) < 4.78 is 53.8. The molecule has 7 aliphatic rings. The van der Waals surface area contributed by atoms with E-state index in [4.69, 9.17) is 42.6 Å². The van der Waals surface area contributed by atoms with Crippen molar-refractivity contribution < 1.29 is 62.7 Å². The highest BCUT2D eigenvalue weighted by atomic mass is 16.7. The molecule has 4 saturated heterocycles. The maximum atomic E-state index is 13.7. The molecule has 0 amide bonds. The number of ether oxygens (including phenoxy) is 9. The number of rotatable bonds is 6. The summed E-state index contributed by atoms with van der Waals surface area (Å²) in [6, 6.07) is 0. The molecule has 5 fully saturated rings. The van der Waals surface area contributed by atoms with Crippen LogP contribution in [0.2, 0.25) is 0 Å². The van der Waals surface area contributed by atoms with E-state index in [1.54, 1.807) is 20.3 Å². The number of esters is 1. The molecule has 1 saturated carbocycles. The summed E-state index contributed by atoms with van der Waals surface area (Å²) in [5.74, 6) is -1.39. The first-order valence-electron chi connectivity index (χ1n) is 17.5. The molecule has 7 rings (SSSR count). The van der Waals surface area contributed by atoms with E-state index in [1.807, 2.05) is 13.8 Å². The summed E-state index contributed by atoms with van der Waals surface area (Å²) >= 11 is 0. The number of hydrogen-bond acceptors (Lipinski definition) is 13. The van der Waals surface area contributed by atoms with Crippen molar-refractivity contribution in [1.82, 2.24) is 0 Å². The van der Waals surface area contributed by atoms with Crippen molar-refractivity contribution in [1.29, 1.82) is 0 Å². The van der Waals surface area contributed by atoms with Crippen molar-refractivity contribution in [3.8, 4) is 0 Å². The van der Waals surface area contributed by atoms with Crippen LogP contribution in [0, 0.1) is 23.2 Å². The summed E-state index contributed by atoms with van der Waals surface area (Å²) in [4.78, 5) is 13.7. The fraction of sp³-hybridized carbons (Fsp3) is 0.857. The van der Waals surface area contributed by atoms with Gasteiger partial charge in [-0.2, -0.15) is 0 Å². The molecule has 5 aliphatic heterocycles. The van der Waals surface area contributed by atoms with Crippen LogP contribution < -0.4 is 0 Å². The highest BCUT2D eigenvalue weighted by molar-refractivity contribution is 5.74. The van der Waals surface area contributed by atoms with Crippen LogP contribution in [0.1, 0.15) is 66.2 Å². The van der Waals surface area contributed by atoms with Gasteiger partial charge in [0.05, 0.1) is 55.2 Å². The van der Waals surface area contributed by atoms with Crippen molar-refractivity contribution in [2.24, 2.45) is 23.2 Å². The molecule has 13 nitrogen and oxygen atoms in total. The maximum Gasteiger partial charge on any atom is 0.309 e. The van der Waals surface area contributed by atoms with Gasteiger partial charge in [-0.15, -0.1) is 0 Å². The van der Waals surface area contributed by atoms with Gasteiger partial charge in [0.15, 0.2) is 12.6 Å². The van der Waals surface area contributed by atoms with Gasteiger partial charge in [-0.25, -0.2) is 0 Å². The molecule has 0 spiro atoms. The fourth-order valence-corrected chi connectivity index (χ4v) is 9.63. The third kappa shape index (κ3) is 5.85. The lowest BCUT2D eigenvalue weighted by molar-refractivity contribution is -0.344. The van der Waals surface area contributed by atoms with Crippen molar-refractivity contribution in [2.75, 3.05) is 20.8 Å². The Morgan fingerprint density at radius 2 is 1.75 bits per heavy atom. The van der Waals surface area contributed by atoms with Gasteiger partial charge in [-0.1, -0.05) is 18.6 Å². The number of methoxy groups -OCH3 is 2. The highest BCUT2D eigenvalue weighted by Crippen LogP contribution is 2.57. The average Bonchev–Trinajstić information content (AvgIpc) is 3.56. The molecular weight excluding hydrogens is 628 g/mol. The molecular formula is C35H52O13. The normalized spacial score (nSPS) is 51.9. The first-order chi connectivity index (χ1) is 22.9. The molecule has 13 heteroatoms. The molecule has 3 N–H and O–H groups in total. The molecule has 0 aromatic rings. The van der Waals surface area contributed by atoms with E-state index in [2.05, 4.69) is 13.0 Å². The van der Waals surface area contributed by atoms with Crippen LogP contribution in [0.25, 0.3) is 0 Å². The van der Waals surface area contributed by atoms with Crippen LogP contribution in [-0.4, -0.2) is 122 Å². The summed E-state index contributed by atoms with van der Waals surface area (Å²) in [5, 5.41) is 32.7. The monoisotopic (exact) mass is 680 g/mol. The Labute approximate surface area is 281 Å². The largest absolute Gasteiger partial charge is 0.469 e. The van der Waals surface area contributed by atoms with E-state index < -0.39 is 78.7 Å². The summed E-state index contributed by atoms with van der Waals surface area (Å²) in [7, 11) is 3.01. The zero-order valence-corrected chi connectivity index (χ0v) is 28.7. The maximum absolute atomic E-state index is 13.7. The van der Waals surface area contributed by atoms with E-state index in [1.165, 1.54) is 12.7 Å². The van der Waals surface area contributed by atoms with Crippen LogP contribution in [-0.2, 0) is 47.4 Å². The van der Waals surface area contributed by atoms with Gasteiger partial charge in [0.1, 0.15) is 30.5 Å². The van der Waals surface area contributed by atoms with Gasteiger partial charge >= 0.3 is 5.97 Å². The second kappa shape index (κ2) is 13.2. The standard InChI is InChI=1S/C35H52O13/c1-16-28(37)31(41-6)29(38)33(45-16)48-30-17(2)44-26(12-24(30)40-5)46-23-11-19-8-9-20-21(34(19,3)13-22(23)36)10-7-18-14-42-35(4)27(18)25(15-43-35)47-32(20)39/h8,14,16-17,20-31,33,36-38H,7,9-13,15H2,1-6H3/t16-,17+,20-,21+,22-,23-,24-,25-,26+,27-,28-,29-,30+,31+,33+,34+,35+/m1/s1. The Hall–Kier alpha value is -1.65. The van der Waals surface area contributed by atoms with Crippen molar-refractivity contribution in [3.63, 3.8) is 0 Å². The zero-order chi connectivity index (χ0) is 34.1. The van der Waals surface area contributed by atoms with E-state index in [0.717, 1.165) is 18.4 Å². The molecule has 270 valence electrons. The van der Waals surface area contributed by atoms with Crippen molar-refractivity contribution in [3.05, 3.63) is 23.5 Å². The summed E-state index contributed by atoms with van der Waals surface area (Å²) in [5.41, 5.74) is 1.91. The molecule has 5 heterocycles. The second-order valence-electron chi connectivity index (χ2n) is 15.1. The predicted molar refractivity (Wildman–Crippen MR) is 166 cm³/mol. The van der Waals surface area contributed by atoms with E-state index >= 15 is 0 Å². The molecule has 0 radical (unpaired) electrons. The summed E-state index contributed by atoms with van der Waals surface area (Å²) in [6.07, 6.45) is -1.21. The number of allylic oxidation sites excluding steroid dienone is 1. The number of aliphatic hydroxyl groups excluding tert-OH is 3. The van der Waals surface area contributed by atoms with Gasteiger partial charge in [-0.05, 0) is 62.9 Å². The Balaban J connectivity index is 1.01. The van der Waals surface area contributed by atoms with E-state index in [9.17, 15) is 20.1 Å². The average molecular weight is 681 g/mol. The second-order valence-corrected chi connectivity index (χ2v) is 15.1. The number of aliphatic hydroxyl groups is 3. The minimum absolute atomic E-state index is 0.00581. The minimum atomic E-state index is -1.21. The number of hydrogen-bond donors (Lipinski definition) is 3. The Kier molecular flexibility index (Phi) is 9.53. The fourth-order valence-electron chi connectivity index (χ4n) is 9.63. The van der Waals surface area contributed by atoms with Crippen LogP contribution in [0.4, 0.5) is 0 Å². The summed E-state index contributed by atoms with van der Waals surface area (Å²) in [6.45, 7) is 7.95. The van der Waals surface area contributed by atoms with Gasteiger partial charge < -0.3 is 58.0 Å². The highest BCUT2D eigenvalue weighted by Gasteiger charge is 2.59. The topological polar surface area (TPSA) is 161 Å². The van der Waals surface area contributed by atoms with E-state index in [-0.39, 0.29) is 29.8 Å². The Morgan fingerprint density at radius 3 is 2.50 bits per heavy atom. The van der Waals surface area contributed by atoms with Gasteiger partial charge in [0.2, 0.25) is 5.79 Å². The molecule has 0 unspecified atom stereocenters. The van der Waals surface area contributed by atoms with Crippen LogP contribution >= 0.6 is 0 Å². The molecule has 2 aliphatic carbocycles. The third-order valence-electron chi connectivity index (χ3n) is 12.4. The minimum Gasteiger partial charge on any atom is -0.469 e. The lowest BCUT2D eigenvalue weighted by Crippen LogP contribution is -2.61.